The Bertz CT molecular complexity index is 1120. The molecule has 0 radical (unpaired) electrons. The number of rotatable bonds is 12. The molecule has 0 saturated carbocycles. The monoisotopic (exact) mass is 541 g/mol. The van der Waals surface area contributed by atoms with Crippen LogP contribution in [0.4, 0.5) is 5.69 Å². The normalized spacial score (nSPS) is 12.2. The summed E-state index contributed by atoms with van der Waals surface area (Å²) in [6, 6.07) is 11.4. The van der Waals surface area contributed by atoms with E-state index in [1.807, 2.05) is 26.0 Å². The number of amides is 2. The SMILES string of the molecule is CCCNC(=O)C(C)N(Cc1ccc(Cl)cc1Cl)C(=O)CCCN(c1ccc(C)cc1)S(C)(=O)=O. The van der Waals surface area contributed by atoms with Gasteiger partial charge in [-0.05, 0) is 56.5 Å². The molecule has 192 valence electrons. The standard InChI is InChI=1S/C25H33Cl2N3O4S/c1-5-14-28-25(32)19(3)29(17-20-10-11-21(26)16-23(20)27)24(31)7-6-15-30(35(4,33)34)22-12-8-18(2)9-13-22/h8-13,16,19H,5-7,14-15,17H2,1-4H3,(H,28,32). The highest BCUT2D eigenvalue weighted by Gasteiger charge is 2.27. The third-order valence-corrected chi connectivity index (χ3v) is 7.33. The molecule has 2 aromatic carbocycles. The lowest BCUT2D eigenvalue weighted by atomic mass is 10.1. The molecule has 0 fully saturated rings. The Hall–Kier alpha value is -2.29. The summed E-state index contributed by atoms with van der Waals surface area (Å²) in [5.74, 6) is -0.532. The molecule has 35 heavy (non-hydrogen) atoms. The van der Waals surface area contributed by atoms with Crippen LogP contribution in [0.25, 0.3) is 0 Å². The molecule has 0 aliphatic rings. The van der Waals surface area contributed by atoms with Gasteiger partial charge in [0.15, 0.2) is 0 Å². The Morgan fingerprint density at radius 1 is 1.09 bits per heavy atom. The Morgan fingerprint density at radius 3 is 2.31 bits per heavy atom. The molecule has 0 spiro atoms. The average molecular weight is 543 g/mol. The van der Waals surface area contributed by atoms with E-state index in [1.54, 1.807) is 37.3 Å². The third-order valence-electron chi connectivity index (χ3n) is 5.55. The molecule has 1 unspecified atom stereocenters. The van der Waals surface area contributed by atoms with Gasteiger partial charge < -0.3 is 10.2 Å². The molecule has 0 saturated heterocycles. The summed E-state index contributed by atoms with van der Waals surface area (Å²) in [6.45, 7) is 6.31. The molecule has 1 atom stereocenters. The fraction of sp³-hybridized carbons (Fsp3) is 0.440. The van der Waals surface area contributed by atoms with Gasteiger partial charge in [-0.25, -0.2) is 8.42 Å². The predicted octanol–water partition coefficient (Wildman–Crippen LogP) is 4.79. The maximum Gasteiger partial charge on any atom is 0.242 e. The molecule has 2 rings (SSSR count). The van der Waals surface area contributed by atoms with Crippen molar-refractivity contribution in [2.24, 2.45) is 0 Å². The van der Waals surface area contributed by atoms with E-state index in [9.17, 15) is 18.0 Å². The topological polar surface area (TPSA) is 86.8 Å². The number of nitrogens with zero attached hydrogens (tertiary/aromatic N) is 2. The van der Waals surface area contributed by atoms with Gasteiger partial charge >= 0.3 is 0 Å². The Balaban J connectivity index is 2.18. The van der Waals surface area contributed by atoms with Crippen molar-refractivity contribution < 1.29 is 18.0 Å². The van der Waals surface area contributed by atoms with E-state index in [4.69, 9.17) is 23.2 Å². The van der Waals surface area contributed by atoms with Crippen LogP contribution in [0.3, 0.4) is 0 Å². The highest BCUT2D eigenvalue weighted by atomic mass is 35.5. The number of carbonyl (C=O) groups is 2. The molecular weight excluding hydrogens is 509 g/mol. The summed E-state index contributed by atoms with van der Waals surface area (Å²) in [6.07, 6.45) is 2.27. The lowest BCUT2D eigenvalue weighted by molar-refractivity contribution is -0.140. The van der Waals surface area contributed by atoms with Gasteiger partial charge in [0.1, 0.15) is 6.04 Å². The second-order valence-electron chi connectivity index (χ2n) is 8.50. The van der Waals surface area contributed by atoms with E-state index >= 15 is 0 Å². The summed E-state index contributed by atoms with van der Waals surface area (Å²) in [7, 11) is -3.53. The van der Waals surface area contributed by atoms with Gasteiger partial charge in [-0.1, -0.05) is 53.9 Å². The smallest absolute Gasteiger partial charge is 0.242 e. The van der Waals surface area contributed by atoms with Crippen LogP contribution >= 0.6 is 23.2 Å². The van der Waals surface area contributed by atoms with Crippen molar-refractivity contribution in [2.75, 3.05) is 23.7 Å². The number of carbonyl (C=O) groups excluding carboxylic acids is 2. The number of hydrogen-bond donors (Lipinski definition) is 1. The van der Waals surface area contributed by atoms with E-state index in [1.165, 1.54) is 9.21 Å². The maximum absolute atomic E-state index is 13.3. The zero-order valence-electron chi connectivity index (χ0n) is 20.6. The molecule has 2 aromatic rings. The number of aryl methyl sites for hydroxylation is 1. The van der Waals surface area contributed by atoms with Crippen molar-refractivity contribution in [1.82, 2.24) is 10.2 Å². The quantitative estimate of drug-likeness (QED) is 0.418. The summed E-state index contributed by atoms with van der Waals surface area (Å²) < 4.78 is 26.1. The summed E-state index contributed by atoms with van der Waals surface area (Å²) >= 11 is 12.3. The van der Waals surface area contributed by atoms with Crippen molar-refractivity contribution in [1.29, 1.82) is 0 Å². The first kappa shape index (κ1) is 28.9. The van der Waals surface area contributed by atoms with Crippen LogP contribution in [0.2, 0.25) is 10.0 Å². The van der Waals surface area contributed by atoms with Crippen molar-refractivity contribution in [3.63, 3.8) is 0 Å². The zero-order chi connectivity index (χ0) is 26.2. The van der Waals surface area contributed by atoms with Gasteiger partial charge in [0.25, 0.3) is 0 Å². The van der Waals surface area contributed by atoms with Crippen molar-refractivity contribution in [3.05, 3.63) is 63.6 Å². The second-order valence-corrected chi connectivity index (χ2v) is 11.2. The number of sulfonamides is 1. The first-order chi connectivity index (χ1) is 16.4. The van der Waals surface area contributed by atoms with E-state index in [2.05, 4.69) is 5.32 Å². The van der Waals surface area contributed by atoms with Crippen molar-refractivity contribution >= 4 is 50.7 Å². The molecular formula is C25H33Cl2N3O4S. The van der Waals surface area contributed by atoms with Crippen LogP contribution < -0.4 is 9.62 Å². The largest absolute Gasteiger partial charge is 0.354 e. The number of hydrogen-bond acceptors (Lipinski definition) is 4. The Labute approximate surface area is 218 Å². The minimum absolute atomic E-state index is 0.0640. The van der Waals surface area contributed by atoms with Gasteiger partial charge in [0.05, 0.1) is 11.9 Å². The molecule has 0 aliphatic heterocycles. The molecule has 0 heterocycles. The molecule has 10 heteroatoms. The first-order valence-corrected chi connectivity index (χ1v) is 14.1. The second kappa shape index (κ2) is 13.1. The van der Waals surface area contributed by atoms with E-state index < -0.39 is 16.1 Å². The van der Waals surface area contributed by atoms with Gasteiger partial charge in [-0.2, -0.15) is 0 Å². The molecule has 2 amide bonds. The minimum atomic E-state index is -3.53. The highest BCUT2D eigenvalue weighted by molar-refractivity contribution is 7.92. The molecule has 0 aromatic heterocycles. The minimum Gasteiger partial charge on any atom is -0.354 e. The van der Waals surface area contributed by atoms with E-state index in [0.29, 0.717) is 27.8 Å². The van der Waals surface area contributed by atoms with Crippen LogP contribution in [0, 0.1) is 6.92 Å². The van der Waals surface area contributed by atoms with Crippen molar-refractivity contribution in [2.45, 2.75) is 52.6 Å². The zero-order valence-corrected chi connectivity index (χ0v) is 22.9. The van der Waals surface area contributed by atoms with Crippen LogP contribution in [0.1, 0.15) is 44.2 Å². The van der Waals surface area contributed by atoms with Gasteiger partial charge in [0.2, 0.25) is 21.8 Å². The summed E-state index contributed by atoms with van der Waals surface area (Å²) in [4.78, 5) is 27.4. The Kier molecular flexibility index (Phi) is 10.9. The van der Waals surface area contributed by atoms with Crippen LogP contribution in [-0.4, -0.2) is 50.5 Å². The molecule has 1 N–H and O–H groups in total. The number of halogens is 2. The molecule has 7 nitrogen and oxygen atoms in total. The molecule has 0 bridgehead atoms. The van der Waals surface area contributed by atoms with Crippen LogP contribution in [0.5, 0.6) is 0 Å². The van der Waals surface area contributed by atoms with E-state index in [-0.39, 0.29) is 37.7 Å². The number of anilines is 1. The van der Waals surface area contributed by atoms with Crippen molar-refractivity contribution in [3.8, 4) is 0 Å². The lowest BCUT2D eigenvalue weighted by Gasteiger charge is -2.29. The summed E-state index contributed by atoms with van der Waals surface area (Å²) in [5.41, 5.74) is 2.23. The predicted molar refractivity (Wildman–Crippen MR) is 142 cm³/mol. The lowest BCUT2D eigenvalue weighted by Crippen LogP contribution is -2.48. The first-order valence-electron chi connectivity index (χ1n) is 11.5. The van der Waals surface area contributed by atoms with Gasteiger partial charge in [-0.15, -0.1) is 0 Å². The number of nitrogens with one attached hydrogen (secondary N) is 1. The maximum atomic E-state index is 13.3. The van der Waals surface area contributed by atoms with E-state index in [0.717, 1.165) is 18.2 Å². The van der Waals surface area contributed by atoms with Crippen LogP contribution in [-0.2, 0) is 26.2 Å². The fourth-order valence-electron chi connectivity index (χ4n) is 3.53. The third kappa shape index (κ3) is 8.70. The highest BCUT2D eigenvalue weighted by Crippen LogP contribution is 2.24. The van der Waals surface area contributed by atoms with Crippen LogP contribution in [0.15, 0.2) is 42.5 Å². The van der Waals surface area contributed by atoms with Gasteiger partial charge in [0, 0.05) is 36.1 Å². The molecule has 0 aliphatic carbocycles. The average Bonchev–Trinajstić information content (AvgIpc) is 2.79. The van der Waals surface area contributed by atoms with Gasteiger partial charge in [-0.3, -0.25) is 13.9 Å². The fourth-order valence-corrected chi connectivity index (χ4v) is 4.96. The number of benzene rings is 2. The Morgan fingerprint density at radius 2 is 1.74 bits per heavy atom. The summed E-state index contributed by atoms with van der Waals surface area (Å²) in [5, 5.41) is 3.70.